The predicted octanol–water partition coefficient (Wildman–Crippen LogP) is 3.02. The van der Waals surface area contributed by atoms with Gasteiger partial charge in [-0.1, -0.05) is 30.9 Å². The Hall–Kier alpha value is -2.01. The van der Waals surface area contributed by atoms with Crippen LogP contribution >= 0.6 is 11.6 Å². The maximum Gasteiger partial charge on any atom is 0.253 e. The summed E-state index contributed by atoms with van der Waals surface area (Å²) in [6, 6.07) is 7.26. The molecule has 1 aliphatic rings. The number of hydrogen-bond donors (Lipinski definition) is 4. The van der Waals surface area contributed by atoms with Crippen molar-refractivity contribution in [2.24, 2.45) is 5.73 Å². The average molecular weight is 321 g/mol. The summed E-state index contributed by atoms with van der Waals surface area (Å²) in [7, 11) is 0. The molecule has 1 aromatic carbocycles. The first-order valence-corrected chi connectivity index (χ1v) is 7.81. The second-order valence-electron chi connectivity index (χ2n) is 5.43. The van der Waals surface area contributed by atoms with Gasteiger partial charge in [0.05, 0.1) is 5.57 Å². The summed E-state index contributed by atoms with van der Waals surface area (Å²) in [6.45, 7) is 0. The van der Waals surface area contributed by atoms with Crippen LogP contribution in [0.5, 0.6) is 0 Å². The van der Waals surface area contributed by atoms with Crippen LogP contribution in [-0.2, 0) is 4.79 Å². The zero-order valence-corrected chi connectivity index (χ0v) is 13.1. The molecule has 0 radical (unpaired) electrons. The van der Waals surface area contributed by atoms with Gasteiger partial charge in [-0.3, -0.25) is 10.2 Å². The van der Waals surface area contributed by atoms with E-state index in [1.165, 1.54) is 19.3 Å². The molecule has 1 saturated carbocycles. The Balaban J connectivity index is 2.01. The summed E-state index contributed by atoms with van der Waals surface area (Å²) in [6.07, 6.45) is 7.37. The van der Waals surface area contributed by atoms with Crippen LogP contribution in [0.15, 0.2) is 36.0 Å². The zero-order chi connectivity index (χ0) is 15.9. The van der Waals surface area contributed by atoms with E-state index in [9.17, 15) is 4.79 Å². The van der Waals surface area contributed by atoms with Gasteiger partial charge in [-0.15, -0.1) is 0 Å². The lowest BCUT2D eigenvalue weighted by Gasteiger charge is -2.22. The van der Waals surface area contributed by atoms with Gasteiger partial charge in [0.1, 0.15) is 5.84 Å². The van der Waals surface area contributed by atoms with Crippen molar-refractivity contribution < 1.29 is 4.79 Å². The lowest BCUT2D eigenvalue weighted by molar-refractivity contribution is -0.114. The molecule has 0 atom stereocenters. The molecule has 0 bridgehead atoms. The second-order valence-corrected chi connectivity index (χ2v) is 5.87. The molecule has 6 heteroatoms. The number of amides is 1. The number of amidine groups is 1. The van der Waals surface area contributed by atoms with Gasteiger partial charge in [0.2, 0.25) is 0 Å². The number of carbonyl (C=O) groups is 1. The smallest absolute Gasteiger partial charge is 0.253 e. The van der Waals surface area contributed by atoms with E-state index in [0.717, 1.165) is 12.8 Å². The van der Waals surface area contributed by atoms with Crippen LogP contribution in [-0.4, -0.2) is 17.8 Å². The third kappa shape index (κ3) is 4.77. The molecule has 1 amide bonds. The zero-order valence-electron chi connectivity index (χ0n) is 12.4. The van der Waals surface area contributed by atoms with Gasteiger partial charge in [-0.2, -0.15) is 0 Å². The highest BCUT2D eigenvalue weighted by molar-refractivity contribution is 6.30. The number of halogens is 1. The fraction of sp³-hybridized carbons (Fsp3) is 0.375. The molecule has 0 aromatic heterocycles. The molecule has 22 heavy (non-hydrogen) atoms. The Kier molecular flexibility index (Phi) is 5.83. The summed E-state index contributed by atoms with van der Waals surface area (Å²) >= 11 is 5.82. The maximum absolute atomic E-state index is 11.6. The van der Waals surface area contributed by atoms with E-state index in [-0.39, 0.29) is 11.4 Å². The SMILES string of the molecule is N=C(Nc1ccc(Cl)cc1)/C(=C\NC1CCCCC1)C(N)=O. The van der Waals surface area contributed by atoms with E-state index in [4.69, 9.17) is 22.7 Å². The molecule has 1 fully saturated rings. The van der Waals surface area contributed by atoms with Crippen molar-refractivity contribution in [3.8, 4) is 0 Å². The normalized spacial score (nSPS) is 16.1. The van der Waals surface area contributed by atoms with Crippen molar-refractivity contribution in [3.63, 3.8) is 0 Å². The van der Waals surface area contributed by atoms with Crippen LogP contribution in [0.25, 0.3) is 0 Å². The number of nitrogens with one attached hydrogen (secondary N) is 3. The molecule has 0 heterocycles. The Morgan fingerprint density at radius 3 is 2.45 bits per heavy atom. The third-order valence-electron chi connectivity index (χ3n) is 3.72. The molecule has 118 valence electrons. The highest BCUT2D eigenvalue weighted by atomic mass is 35.5. The summed E-state index contributed by atoms with van der Waals surface area (Å²) in [5.41, 5.74) is 6.20. The van der Waals surface area contributed by atoms with Gasteiger partial charge in [0.25, 0.3) is 5.91 Å². The molecule has 0 unspecified atom stereocenters. The molecule has 2 rings (SSSR count). The van der Waals surface area contributed by atoms with Crippen molar-refractivity contribution >= 4 is 29.0 Å². The van der Waals surface area contributed by atoms with Gasteiger partial charge in [-0.05, 0) is 37.1 Å². The minimum atomic E-state index is -0.630. The molecule has 0 saturated heterocycles. The van der Waals surface area contributed by atoms with Crippen molar-refractivity contribution in [2.75, 3.05) is 5.32 Å². The minimum Gasteiger partial charge on any atom is -0.387 e. The molecule has 0 spiro atoms. The minimum absolute atomic E-state index is 0.0295. The molecular formula is C16H21ClN4O. The van der Waals surface area contributed by atoms with Crippen LogP contribution in [0.2, 0.25) is 5.02 Å². The van der Waals surface area contributed by atoms with E-state index < -0.39 is 5.91 Å². The lowest BCUT2D eigenvalue weighted by Crippen LogP contribution is -2.31. The van der Waals surface area contributed by atoms with Gasteiger partial charge in [0.15, 0.2) is 0 Å². The largest absolute Gasteiger partial charge is 0.387 e. The summed E-state index contributed by atoms with van der Waals surface area (Å²) in [5.74, 6) is -0.659. The molecule has 1 aliphatic carbocycles. The second kappa shape index (κ2) is 7.84. The number of carbonyl (C=O) groups excluding carboxylic acids is 1. The van der Waals surface area contributed by atoms with Crippen LogP contribution in [0.1, 0.15) is 32.1 Å². The van der Waals surface area contributed by atoms with Gasteiger partial charge >= 0.3 is 0 Å². The van der Waals surface area contributed by atoms with Crippen molar-refractivity contribution in [1.82, 2.24) is 5.32 Å². The fourth-order valence-corrected chi connectivity index (χ4v) is 2.61. The third-order valence-corrected chi connectivity index (χ3v) is 3.97. The van der Waals surface area contributed by atoms with E-state index in [1.807, 2.05) is 0 Å². The van der Waals surface area contributed by atoms with Crippen LogP contribution in [0.3, 0.4) is 0 Å². The van der Waals surface area contributed by atoms with E-state index in [1.54, 1.807) is 30.5 Å². The number of rotatable bonds is 5. The first-order valence-electron chi connectivity index (χ1n) is 7.44. The van der Waals surface area contributed by atoms with Crippen molar-refractivity contribution in [2.45, 2.75) is 38.1 Å². The maximum atomic E-state index is 11.6. The van der Waals surface area contributed by atoms with Gasteiger partial charge in [-0.25, -0.2) is 0 Å². The van der Waals surface area contributed by atoms with Crippen molar-refractivity contribution in [3.05, 3.63) is 41.1 Å². The first-order chi connectivity index (χ1) is 10.6. The number of hydrogen-bond acceptors (Lipinski definition) is 3. The standard InChI is InChI=1S/C16H21ClN4O/c17-11-6-8-13(9-7-11)21-15(18)14(16(19)22)10-20-12-4-2-1-3-5-12/h6-10,12,20H,1-5H2,(H2,18,21)(H2,19,22)/b14-10+. The van der Waals surface area contributed by atoms with Crippen LogP contribution in [0, 0.1) is 5.41 Å². The Morgan fingerprint density at radius 2 is 1.86 bits per heavy atom. The molecule has 1 aromatic rings. The highest BCUT2D eigenvalue weighted by Crippen LogP contribution is 2.18. The van der Waals surface area contributed by atoms with E-state index >= 15 is 0 Å². The van der Waals surface area contributed by atoms with Crippen LogP contribution < -0.4 is 16.4 Å². The molecular weight excluding hydrogens is 300 g/mol. The quantitative estimate of drug-likeness (QED) is 0.382. The molecule has 0 aliphatic heterocycles. The van der Waals surface area contributed by atoms with Crippen molar-refractivity contribution in [1.29, 1.82) is 5.41 Å². The Bertz CT molecular complexity index is 562. The number of benzene rings is 1. The Labute approximate surface area is 135 Å². The summed E-state index contributed by atoms with van der Waals surface area (Å²) in [4.78, 5) is 11.6. The van der Waals surface area contributed by atoms with E-state index in [0.29, 0.717) is 16.8 Å². The average Bonchev–Trinajstić information content (AvgIpc) is 2.50. The first kappa shape index (κ1) is 16.4. The number of anilines is 1. The highest BCUT2D eigenvalue weighted by Gasteiger charge is 2.15. The number of nitrogens with two attached hydrogens (primary N) is 1. The lowest BCUT2D eigenvalue weighted by atomic mass is 9.95. The molecule has 5 nitrogen and oxygen atoms in total. The van der Waals surface area contributed by atoms with Gasteiger partial charge in [0, 0.05) is 23.0 Å². The Morgan fingerprint density at radius 1 is 1.23 bits per heavy atom. The van der Waals surface area contributed by atoms with Gasteiger partial charge < -0.3 is 16.4 Å². The molecule has 5 N–H and O–H groups in total. The monoisotopic (exact) mass is 320 g/mol. The van der Waals surface area contributed by atoms with E-state index in [2.05, 4.69) is 10.6 Å². The summed E-state index contributed by atoms with van der Waals surface area (Å²) < 4.78 is 0. The topological polar surface area (TPSA) is 91.0 Å². The number of primary amides is 1. The fourth-order valence-electron chi connectivity index (χ4n) is 2.48. The predicted molar refractivity (Wildman–Crippen MR) is 90.1 cm³/mol. The van der Waals surface area contributed by atoms with Crippen LogP contribution in [0.4, 0.5) is 5.69 Å². The summed E-state index contributed by atoms with van der Waals surface area (Å²) in [5, 5.41) is 14.7.